The van der Waals surface area contributed by atoms with Crippen molar-refractivity contribution in [1.82, 2.24) is 9.80 Å². The van der Waals surface area contributed by atoms with Crippen LogP contribution in [0.2, 0.25) is 0 Å². The van der Waals surface area contributed by atoms with Crippen molar-refractivity contribution in [2.24, 2.45) is 5.73 Å². The van der Waals surface area contributed by atoms with Crippen molar-refractivity contribution in [2.75, 3.05) is 32.7 Å². The summed E-state index contributed by atoms with van der Waals surface area (Å²) in [4.78, 5) is 5.13. The van der Waals surface area contributed by atoms with Crippen molar-refractivity contribution in [1.29, 1.82) is 0 Å². The van der Waals surface area contributed by atoms with Crippen molar-refractivity contribution in [3.05, 3.63) is 35.9 Å². The molecule has 2 N–H and O–H groups in total. The van der Waals surface area contributed by atoms with Crippen LogP contribution in [0.4, 0.5) is 0 Å². The van der Waals surface area contributed by atoms with E-state index in [-0.39, 0.29) is 5.54 Å². The molecular weight excluding hydrogens is 246 g/mol. The van der Waals surface area contributed by atoms with Crippen LogP contribution in [0.3, 0.4) is 0 Å². The maximum Gasteiger partial charge on any atom is 0.0458 e. The van der Waals surface area contributed by atoms with Gasteiger partial charge in [-0.2, -0.15) is 0 Å². The summed E-state index contributed by atoms with van der Waals surface area (Å²) in [5.41, 5.74) is 7.76. The lowest BCUT2D eigenvalue weighted by molar-refractivity contribution is 0.0199. The Hall–Kier alpha value is -0.900. The van der Waals surface area contributed by atoms with Crippen LogP contribution >= 0.6 is 0 Å². The van der Waals surface area contributed by atoms with Crippen molar-refractivity contribution in [2.45, 2.75) is 38.8 Å². The SMILES string of the molecule is CCN(CC)C1(CN)CCCN(Cc2ccccc2)C1. The Bertz CT molecular complexity index is 388. The summed E-state index contributed by atoms with van der Waals surface area (Å²) in [5, 5.41) is 0. The third-order valence-corrected chi connectivity index (χ3v) is 4.70. The summed E-state index contributed by atoms with van der Waals surface area (Å²) in [6.45, 7) is 10.8. The average molecular weight is 275 g/mol. The molecule has 0 radical (unpaired) electrons. The maximum atomic E-state index is 6.18. The highest BCUT2D eigenvalue weighted by Crippen LogP contribution is 2.27. The number of rotatable bonds is 6. The van der Waals surface area contributed by atoms with E-state index in [0.29, 0.717) is 0 Å². The lowest BCUT2D eigenvalue weighted by atomic mass is 9.86. The number of nitrogens with two attached hydrogens (primary N) is 1. The molecule has 112 valence electrons. The van der Waals surface area contributed by atoms with Crippen LogP contribution in [0.1, 0.15) is 32.3 Å². The number of hydrogen-bond donors (Lipinski definition) is 1. The Kier molecular flexibility index (Phi) is 5.58. The predicted octanol–water partition coefficient (Wildman–Crippen LogP) is 2.32. The van der Waals surface area contributed by atoms with Crippen molar-refractivity contribution >= 4 is 0 Å². The first-order valence-corrected chi connectivity index (χ1v) is 7.95. The van der Waals surface area contributed by atoms with Crippen LogP contribution < -0.4 is 5.73 Å². The van der Waals surface area contributed by atoms with Crippen molar-refractivity contribution in [3.8, 4) is 0 Å². The Balaban J connectivity index is 2.06. The van der Waals surface area contributed by atoms with Gasteiger partial charge in [-0.25, -0.2) is 0 Å². The zero-order valence-electron chi connectivity index (χ0n) is 13.0. The summed E-state index contributed by atoms with van der Waals surface area (Å²) < 4.78 is 0. The van der Waals surface area contributed by atoms with Gasteiger partial charge in [0.05, 0.1) is 0 Å². The second-order valence-corrected chi connectivity index (χ2v) is 5.90. The smallest absolute Gasteiger partial charge is 0.0458 e. The molecular formula is C17H29N3. The quantitative estimate of drug-likeness (QED) is 0.865. The second kappa shape index (κ2) is 7.21. The zero-order valence-corrected chi connectivity index (χ0v) is 13.0. The Morgan fingerprint density at radius 2 is 1.90 bits per heavy atom. The molecule has 3 heteroatoms. The van der Waals surface area contributed by atoms with Gasteiger partial charge in [0.1, 0.15) is 0 Å². The molecule has 0 amide bonds. The predicted molar refractivity (Wildman–Crippen MR) is 85.7 cm³/mol. The molecule has 1 aliphatic heterocycles. The third-order valence-electron chi connectivity index (χ3n) is 4.70. The highest BCUT2D eigenvalue weighted by Gasteiger charge is 2.38. The van der Waals surface area contributed by atoms with E-state index >= 15 is 0 Å². The van der Waals surface area contributed by atoms with Gasteiger partial charge in [0, 0.05) is 25.2 Å². The van der Waals surface area contributed by atoms with Crippen LogP contribution in [0.15, 0.2) is 30.3 Å². The van der Waals surface area contributed by atoms with Gasteiger partial charge in [-0.15, -0.1) is 0 Å². The fourth-order valence-corrected chi connectivity index (χ4v) is 3.63. The fraction of sp³-hybridized carbons (Fsp3) is 0.647. The van der Waals surface area contributed by atoms with Gasteiger partial charge in [0.15, 0.2) is 0 Å². The van der Waals surface area contributed by atoms with E-state index in [1.54, 1.807) is 0 Å². The van der Waals surface area contributed by atoms with Crippen LogP contribution in [-0.2, 0) is 6.54 Å². The highest BCUT2D eigenvalue weighted by atomic mass is 15.3. The van der Waals surface area contributed by atoms with E-state index in [1.165, 1.54) is 24.9 Å². The highest BCUT2D eigenvalue weighted by molar-refractivity contribution is 5.15. The van der Waals surface area contributed by atoms with Gasteiger partial charge in [0.25, 0.3) is 0 Å². The molecule has 0 aliphatic carbocycles. The minimum Gasteiger partial charge on any atom is -0.329 e. The van der Waals surface area contributed by atoms with Gasteiger partial charge in [0.2, 0.25) is 0 Å². The first kappa shape index (κ1) is 15.5. The topological polar surface area (TPSA) is 32.5 Å². The van der Waals surface area contributed by atoms with Crippen LogP contribution in [0, 0.1) is 0 Å². The molecule has 1 aromatic carbocycles. The molecule has 2 rings (SSSR count). The molecule has 0 bridgehead atoms. The fourth-order valence-electron chi connectivity index (χ4n) is 3.63. The van der Waals surface area contributed by atoms with Gasteiger partial charge in [-0.05, 0) is 38.0 Å². The summed E-state index contributed by atoms with van der Waals surface area (Å²) in [7, 11) is 0. The molecule has 0 aromatic heterocycles. The number of hydrogen-bond acceptors (Lipinski definition) is 3. The molecule has 20 heavy (non-hydrogen) atoms. The summed E-state index contributed by atoms with van der Waals surface area (Å²) in [6.07, 6.45) is 2.48. The zero-order chi connectivity index (χ0) is 14.4. The molecule has 1 saturated heterocycles. The molecule has 1 aliphatic rings. The van der Waals surface area contributed by atoms with Gasteiger partial charge in [-0.1, -0.05) is 44.2 Å². The molecule has 1 fully saturated rings. The number of piperidine rings is 1. The van der Waals surface area contributed by atoms with Crippen LogP contribution in [0.25, 0.3) is 0 Å². The lowest BCUT2D eigenvalue weighted by Gasteiger charge is -2.49. The van der Waals surface area contributed by atoms with E-state index in [1.807, 2.05) is 0 Å². The average Bonchev–Trinajstić information content (AvgIpc) is 2.50. The molecule has 3 nitrogen and oxygen atoms in total. The minimum absolute atomic E-state index is 0.177. The van der Waals surface area contributed by atoms with E-state index in [2.05, 4.69) is 54.0 Å². The minimum atomic E-state index is 0.177. The van der Waals surface area contributed by atoms with Crippen molar-refractivity contribution < 1.29 is 0 Å². The normalized spacial score (nSPS) is 24.2. The summed E-state index contributed by atoms with van der Waals surface area (Å²) in [5.74, 6) is 0. The van der Waals surface area contributed by atoms with Gasteiger partial charge in [-0.3, -0.25) is 9.80 Å². The van der Waals surface area contributed by atoms with E-state index in [4.69, 9.17) is 5.73 Å². The van der Waals surface area contributed by atoms with Crippen LogP contribution in [-0.4, -0.2) is 48.1 Å². The number of benzene rings is 1. The molecule has 0 saturated carbocycles. The maximum absolute atomic E-state index is 6.18. The number of likely N-dealkylation sites (N-methyl/N-ethyl adjacent to an activating group) is 1. The van der Waals surface area contributed by atoms with E-state index < -0.39 is 0 Å². The largest absolute Gasteiger partial charge is 0.329 e. The summed E-state index contributed by atoms with van der Waals surface area (Å²) in [6, 6.07) is 10.8. The summed E-state index contributed by atoms with van der Waals surface area (Å²) >= 11 is 0. The van der Waals surface area contributed by atoms with Gasteiger partial charge < -0.3 is 5.73 Å². The number of nitrogens with zero attached hydrogens (tertiary/aromatic N) is 2. The Labute approximate surface area is 123 Å². The molecule has 1 aromatic rings. The standard InChI is InChI=1S/C17H29N3/c1-3-20(4-2)17(14-18)11-8-12-19(15-17)13-16-9-6-5-7-10-16/h5-7,9-10H,3-4,8,11-15,18H2,1-2H3. The molecule has 1 heterocycles. The van der Waals surface area contributed by atoms with E-state index in [0.717, 1.165) is 32.7 Å². The molecule has 1 atom stereocenters. The lowest BCUT2D eigenvalue weighted by Crippen LogP contribution is -2.62. The number of likely N-dealkylation sites (tertiary alicyclic amines) is 1. The monoisotopic (exact) mass is 275 g/mol. The third kappa shape index (κ3) is 3.40. The van der Waals surface area contributed by atoms with Gasteiger partial charge >= 0.3 is 0 Å². The van der Waals surface area contributed by atoms with Crippen molar-refractivity contribution in [3.63, 3.8) is 0 Å². The molecule has 0 spiro atoms. The Morgan fingerprint density at radius 3 is 2.50 bits per heavy atom. The Morgan fingerprint density at radius 1 is 1.20 bits per heavy atom. The first-order valence-electron chi connectivity index (χ1n) is 7.95. The molecule has 1 unspecified atom stereocenters. The van der Waals surface area contributed by atoms with E-state index in [9.17, 15) is 0 Å². The first-order chi connectivity index (χ1) is 9.74. The second-order valence-electron chi connectivity index (χ2n) is 5.90. The van der Waals surface area contributed by atoms with Crippen LogP contribution in [0.5, 0.6) is 0 Å².